The quantitative estimate of drug-likeness (QED) is 0.797. The van der Waals surface area contributed by atoms with E-state index in [1.165, 1.54) is 0 Å². The van der Waals surface area contributed by atoms with Crippen molar-refractivity contribution >= 4 is 11.4 Å². The zero-order chi connectivity index (χ0) is 18.6. The van der Waals surface area contributed by atoms with Crippen molar-refractivity contribution in [2.75, 3.05) is 36.7 Å². The molecule has 1 saturated carbocycles. The van der Waals surface area contributed by atoms with E-state index in [2.05, 4.69) is 4.90 Å². The molecule has 0 amide bonds. The minimum Gasteiger partial charge on any atom is -0.492 e. The van der Waals surface area contributed by atoms with Gasteiger partial charge in [-0.2, -0.15) is 0 Å². The standard InChI is InChI=1S/C19H29FN4O2/c1-19(2,25)13-6-7-22(10-13)17-15(20)8-12-9-23(21)11-24(14-4-5-14)16(12)18(17)26-3/h8,13-14,25H,4-7,9-11,21H2,1-3H3. The Kier molecular flexibility index (Phi) is 4.28. The van der Waals surface area contributed by atoms with Crippen LogP contribution in [0.25, 0.3) is 0 Å². The first-order valence-corrected chi connectivity index (χ1v) is 9.42. The number of anilines is 2. The van der Waals surface area contributed by atoms with Gasteiger partial charge in [-0.15, -0.1) is 0 Å². The van der Waals surface area contributed by atoms with E-state index in [0.29, 0.717) is 43.8 Å². The number of aliphatic hydroxyl groups is 1. The van der Waals surface area contributed by atoms with Crippen LogP contribution in [0.5, 0.6) is 5.75 Å². The topological polar surface area (TPSA) is 65.2 Å². The van der Waals surface area contributed by atoms with Crippen LogP contribution in [0.1, 0.15) is 38.7 Å². The molecule has 3 aliphatic rings. The van der Waals surface area contributed by atoms with Crippen LogP contribution in [-0.2, 0) is 6.54 Å². The van der Waals surface area contributed by atoms with Gasteiger partial charge in [0.15, 0.2) is 11.6 Å². The van der Waals surface area contributed by atoms with Crippen molar-refractivity contribution in [3.8, 4) is 5.75 Å². The second-order valence-electron chi connectivity index (χ2n) is 8.42. The fraction of sp³-hybridized carbons (Fsp3) is 0.684. The summed E-state index contributed by atoms with van der Waals surface area (Å²) in [5, 5.41) is 12.1. The van der Waals surface area contributed by atoms with Crippen molar-refractivity contribution in [1.82, 2.24) is 5.01 Å². The zero-order valence-electron chi connectivity index (χ0n) is 15.8. The number of hydrogen-bond acceptors (Lipinski definition) is 6. The van der Waals surface area contributed by atoms with Crippen LogP contribution in [0.15, 0.2) is 6.07 Å². The lowest BCUT2D eigenvalue weighted by molar-refractivity contribution is 0.0263. The molecule has 0 radical (unpaired) electrons. The first-order chi connectivity index (χ1) is 12.3. The van der Waals surface area contributed by atoms with Gasteiger partial charge in [0.05, 0.1) is 25.1 Å². The molecule has 2 heterocycles. The molecule has 1 saturated heterocycles. The van der Waals surface area contributed by atoms with Crippen molar-refractivity contribution in [3.63, 3.8) is 0 Å². The maximum Gasteiger partial charge on any atom is 0.168 e. The Morgan fingerprint density at radius 2 is 2.00 bits per heavy atom. The molecule has 2 aliphatic heterocycles. The van der Waals surface area contributed by atoms with Gasteiger partial charge in [0, 0.05) is 31.6 Å². The number of nitrogens with two attached hydrogens (primary N) is 1. The fourth-order valence-electron chi connectivity index (χ4n) is 4.34. The van der Waals surface area contributed by atoms with Gasteiger partial charge < -0.3 is 19.6 Å². The lowest BCUT2D eigenvalue weighted by atomic mass is 9.90. The number of halogens is 1. The molecule has 2 fully saturated rings. The van der Waals surface area contributed by atoms with E-state index in [-0.39, 0.29) is 11.7 Å². The third-order valence-corrected chi connectivity index (χ3v) is 5.95. The molecule has 0 bridgehead atoms. The lowest BCUT2D eigenvalue weighted by Gasteiger charge is -2.38. The number of rotatable bonds is 4. The number of nitrogens with zero attached hydrogens (tertiary/aromatic N) is 3. The Bertz CT molecular complexity index is 702. The van der Waals surface area contributed by atoms with E-state index < -0.39 is 5.60 Å². The lowest BCUT2D eigenvalue weighted by Crippen LogP contribution is -2.47. The minimum atomic E-state index is -0.771. The zero-order valence-corrected chi connectivity index (χ0v) is 15.8. The third-order valence-electron chi connectivity index (χ3n) is 5.95. The van der Waals surface area contributed by atoms with Gasteiger partial charge in [0.2, 0.25) is 0 Å². The van der Waals surface area contributed by atoms with Crippen molar-refractivity contribution in [2.24, 2.45) is 11.8 Å². The number of hydrazine groups is 1. The first-order valence-electron chi connectivity index (χ1n) is 9.42. The Morgan fingerprint density at radius 3 is 2.58 bits per heavy atom. The van der Waals surface area contributed by atoms with Crippen molar-refractivity contribution in [1.29, 1.82) is 0 Å². The maximum absolute atomic E-state index is 15.1. The summed E-state index contributed by atoms with van der Waals surface area (Å²) in [6.45, 7) is 6.14. The summed E-state index contributed by atoms with van der Waals surface area (Å²) >= 11 is 0. The first kappa shape index (κ1) is 17.8. The van der Waals surface area contributed by atoms with E-state index in [4.69, 9.17) is 10.6 Å². The minimum absolute atomic E-state index is 0.113. The van der Waals surface area contributed by atoms with E-state index in [9.17, 15) is 5.11 Å². The summed E-state index contributed by atoms with van der Waals surface area (Å²) in [6.07, 6.45) is 3.10. The highest BCUT2D eigenvalue weighted by Gasteiger charge is 2.40. The highest BCUT2D eigenvalue weighted by Crippen LogP contribution is 2.49. The number of methoxy groups -OCH3 is 1. The van der Waals surface area contributed by atoms with Crippen LogP contribution in [0.2, 0.25) is 0 Å². The maximum atomic E-state index is 15.1. The predicted molar refractivity (Wildman–Crippen MR) is 99.7 cm³/mol. The van der Waals surface area contributed by atoms with Gasteiger partial charge in [-0.1, -0.05) is 0 Å². The molecule has 7 heteroatoms. The van der Waals surface area contributed by atoms with E-state index in [0.717, 1.165) is 30.5 Å². The van der Waals surface area contributed by atoms with Crippen LogP contribution < -0.4 is 20.4 Å². The van der Waals surface area contributed by atoms with Gasteiger partial charge >= 0.3 is 0 Å². The van der Waals surface area contributed by atoms with Gasteiger partial charge in [-0.3, -0.25) is 5.84 Å². The van der Waals surface area contributed by atoms with Crippen LogP contribution >= 0.6 is 0 Å². The molecule has 26 heavy (non-hydrogen) atoms. The number of ether oxygens (including phenoxy) is 1. The molecule has 4 rings (SSSR count). The van der Waals surface area contributed by atoms with E-state index >= 15 is 4.39 Å². The summed E-state index contributed by atoms with van der Waals surface area (Å²) < 4.78 is 20.9. The SMILES string of the molecule is COc1c(N2CCC(C(C)(C)O)C2)c(F)cc2c1N(C1CC1)CN(N)C2. The Hall–Kier alpha value is -1.57. The monoisotopic (exact) mass is 364 g/mol. The van der Waals surface area contributed by atoms with Crippen molar-refractivity contribution in [3.05, 3.63) is 17.4 Å². The molecule has 3 N–H and O–H groups in total. The second kappa shape index (κ2) is 6.25. The molecule has 1 unspecified atom stereocenters. The number of benzene rings is 1. The highest BCUT2D eigenvalue weighted by atomic mass is 19.1. The molecule has 144 valence electrons. The smallest absolute Gasteiger partial charge is 0.168 e. The number of fused-ring (bicyclic) bond motifs is 1. The molecular weight excluding hydrogens is 335 g/mol. The summed E-state index contributed by atoms with van der Waals surface area (Å²) in [6, 6.07) is 2.06. The van der Waals surface area contributed by atoms with Gasteiger partial charge in [-0.05, 0) is 44.7 Å². The molecule has 1 aromatic carbocycles. The normalized spacial score (nSPS) is 24.2. The molecule has 6 nitrogen and oxygen atoms in total. The summed E-state index contributed by atoms with van der Waals surface area (Å²) in [4.78, 5) is 4.28. The van der Waals surface area contributed by atoms with Crippen LogP contribution in [-0.4, -0.2) is 48.6 Å². The molecule has 0 spiro atoms. The van der Waals surface area contributed by atoms with E-state index in [1.807, 2.05) is 18.7 Å². The van der Waals surface area contributed by atoms with Crippen LogP contribution in [0.4, 0.5) is 15.8 Å². The van der Waals surface area contributed by atoms with E-state index in [1.54, 1.807) is 18.2 Å². The summed E-state index contributed by atoms with van der Waals surface area (Å²) in [5.74, 6) is 6.51. The van der Waals surface area contributed by atoms with Crippen molar-refractivity contribution in [2.45, 2.75) is 51.3 Å². The van der Waals surface area contributed by atoms with Gasteiger partial charge in [-0.25, -0.2) is 9.40 Å². The highest BCUT2D eigenvalue weighted by molar-refractivity contribution is 5.78. The number of hydrogen-bond donors (Lipinski definition) is 2. The predicted octanol–water partition coefficient (Wildman–Crippen LogP) is 2.05. The molecule has 1 aromatic rings. The van der Waals surface area contributed by atoms with Crippen LogP contribution in [0, 0.1) is 11.7 Å². The average Bonchev–Trinajstić information content (AvgIpc) is 3.28. The molecule has 1 aliphatic carbocycles. The Labute approximate surface area is 154 Å². The van der Waals surface area contributed by atoms with Crippen LogP contribution in [0.3, 0.4) is 0 Å². The fourth-order valence-corrected chi connectivity index (χ4v) is 4.34. The second-order valence-corrected chi connectivity index (χ2v) is 8.42. The van der Waals surface area contributed by atoms with Gasteiger partial charge in [0.1, 0.15) is 5.69 Å². The Balaban J connectivity index is 1.75. The van der Waals surface area contributed by atoms with Crippen molar-refractivity contribution < 1.29 is 14.2 Å². The summed E-state index contributed by atoms with van der Waals surface area (Å²) in [7, 11) is 1.61. The third kappa shape index (κ3) is 3.02. The van der Waals surface area contributed by atoms with Gasteiger partial charge in [0.25, 0.3) is 0 Å². The Morgan fingerprint density at radius 1 is 1.27 bits per heavy atom. The molecular formula is C19H29FN4O2. The molecule has 0 aromatic heterocycles. The average molecular weight is 364 g/mol. The summed E-state index contributed by atoms with van der Waals surface area (Å²) in [5.41, 5.74) is 1.61. The largest absolute Gasteiger partial charge is 0.492 e. The molecule has 1 atom stereocenters.